The lowest BCUT2D eigenvalue weighted by Gasteiger charge is -2.27. The van der Waals surface area contributed by atoms with Crippen LogP contribution in [0.1, 0.15) is 58.5 Å². The molecule has 0 aliphatic carbocycles. The SMILES string of the molecule is CCCCOc1ccc(C2c3c(-c4cc(Cl)c(C)cc4O)n[nH]c3C(=O)N2Cc2ccc(OC)cc2)cc1OC. The summed E-state index contributed by atoms with van der Waals surface area (Å²) in [6, 6.07) is 16.1. The molecule has 0 saturated carbocycles. The molecule has 2 N–H and O–H groups in total. The van der Waals surface area contributed by atoms with Gasteiger partial charge >= 0.3 is 0 Å². The smallest absolute Gasteiger partial charge is 0.273 e. The molecule has 5 rings (SSSR count). The van der Waals surface area contributed by atoms with Crippen molar-refractivity contribution in [2.75, 3.05) is 20.8 Å². The number of aryl methyl sites for hydroxylation is 1. The molecule has 2 heterocycles. The molecule has 0 radical (unpaired) electrons. The van der Waals surface area contributed by atoms with Crippen molar-refractivity contribution >= 4 is 17.5 Å². The molecule has 1 aliphatic rings. The van der Waals surface area contributed by atoms with Gasteiger partial charge in [0.1, 0.15) is 22.9 Å². The summed E-state index contributed by atoms with van der Waals surface area (Å²) in [5.41, 5.74) is 4.44. The number of hydrogen-bond acceptors (Lipinski definition) is 6. The fraction of sp³-hybridized carbons (Fsp3) is 0.290. The lowest BCUT2D eigenvalue weighted by atomic mass is 9.94. The van der Waals surface area contributed by atoms with Crippen molar-refractivity contribution in [3.8, 4) is 34.3 Å². The highest BCUT2D eigenvalue weighted by Crippen LogP contribution is 2.47. The molecule has 1 aliphatic heterocycles. The van der Waals surface area contributed by atoms with Crippen molar-refractivity contribution in [2.24, 2.45) is 0 Å². The molecule has 208 valence electrons. The average molecular weight is 562 g/mol. The third-order valence-electron chi connectivity index (χ3n) is 7.17. The van der Waals surface area contributed by atoms with Gasteiger partial charge in [0.25, 0.3) is 5.91 Å². The van der Waals surface area contributed by atoms with E-state index in [9.17, 15) is 9.90 Å². The van der Waals surface area contributed by atoms with E-state index in [2.05, 4.69) is 17.1 Å². The van der Waals surface area contributed by atoms with Gasteiger partial charge in [-0.15, -0.1) is 0 Å². The van der Waals surface area contributed by atoms with E-state index < -0.39 is 6.04 Å². The predicted octanol–water partition coefficient (Wildman–Crippen LogP) is 6.69. The summed E-state index contributed by atoms with van der Waals surface area (Å²) < 4.78 is 16.9. The Balaban J connectivity index is 1.62. The second kappa shape index (κ2) is 11.5. The first-order valence-corrected chi connectivity index (χ1v) is 13.6. The van der Waals surface area contributed by atoms with E-state index in [1.807, 2.05) is 49.4 Å². The standard InChI is InChI=1S/C31H32ClN3O5/c1-5-6-13-40-25-12-9-20(15-26(25)39-4)30-27-28(22-16-23(32)18(2)14-24(22)36)33-34-29(27)31(37)35(30)17-19-7-10-21(38-3)11-8-19/h7-12,14-16,30,36H,5-6,13,17H2,1-4H3,(H,33,34). The molecule has 1 amide bonds. The van der Waals surface area contributed by atoms with Crippen LogP contribution in [0.15, 0.2) is 54.6 Å². The van der Waals surface area contributed by atoms with Crippen molar-refractivity contribution in [1.82, 2.24) is 15.1 Å². The molecular weight excluding hydrogens is 530 g/mol. The van der Waals surface area contributed by atoms with Crippen molar-refractivity contribution in [3.63, 3.8) is 0 Å². The largest absolute Gasteiger partial charge is 0.507 e. The number of ether oxygens (including phenoxy) is 3. The highest BCUT2D eigenvalue weighted by molar-refractivity contribution is 6.31. The zero-order chi connectivity index (χ0) is 28.4. The number of methoxy groups -OCH3 is 2. The Hall–Kier alpha value is -4.17. The fourth-order valence-corrected chi connectivity index (χ4v) is 5.16. The Morgan fingerprint density at radius 1 is 1.05 bits per heavy atom. The van der Waals surface area contributed by atoms with Gasteiger partial charge in [0.15, 0.2) is 11.5 Å². The number of phenolic OH excluding ortho intramolecular Hbond substituents is 1. The molecule has 0 spiro atoms. The predicted molar refractivity (Wildman–Crippen MR) is 154 cm³/mol. The number of H-pyrrole nitrogens is 1. The van der Waals surface area contributed by atoms with Crippen LogP contribution < -0.4 is 14.2 Å². The number of amides is 1. The number of halogens is 1. The van der Waals surface area contributed by atoms with Crippen LogP contribution in [0.2, 0.25) is 5.02 Å². The van der Waals surface area contributed by atoms with Gasteiger partial charge in [0.05, 0.1) is 26.9 Å². The number of carbonyl (C=O) groups is 1. The molecule has 9 heteroatoms. The van der Waals surface area contributed by atoms with Crippen LogP contribution in [0, 0.1) is 6.92 Å². The molecule has 0 bridgehead atoms. The van der Waals surface area contributed by atoms with E-state index in [4.69, 9.17) is 25.8 Å². The van der Waals surface area contributed by atoms with E-state index in [0.29, 0.717) is 52.2 Å². The molecule has 1 unspecified atom stereocenters. The topological polar surface area (TPSA) is 96.9 Å². The van der Waals surface area contributed by atoms with Gasteiger partial charge in [0.2, 0.25) is 0 Å². The first-order chi connectivity index (χ1) is 19.4. The summed E-state index contributed by atoms with van der Waals surface area (Å²) in [4.78, 5) is 15.6. The normalized spacial score (nSPS) is 14.4. The number of hydrogen-bond donors (Lipinski definition) is 2. The number of carbonyl (C=O) groups excluding carboxylic acids is 1. The Labute approximate surface area is 238 Å². The van der Waals surface area contributed by atoms with Crippen LogP contribution in [-0.4, -0.2) is 46.9 Å². The lowest BCUT2D eigenvalue weighted by Crippen LogP contribution is -2.29. The maximum absolute atomic E-state index is 13.8. The van der Waals surface area contributed by atoms with Crippen LogP contribution in [0.25, 0.3) is 11.3 Å². The second-order valence-electron chi connectivity index (χ2n) is 9.78. The molecule has 0 fully saturated rings. The van der Waals surface area contributed by atoms with Crippen molar-refractivity contribution in [1.29, 1.82) is 0 Å². The molecule has 0 saturated heterocycles. The van der Waals surface area contributed by atoms with Gasteiger partial charge in [-0.3, -0.25) is 9.89 Å². The Morgan fingerprint density at radius 2 is 1.82 bits per heavy atom. The second-order valence-corrected chi connectivity index (χ2v) is 10.2. The molecule has 8 nitrogen and oxygen atoms in total. The summed E-state index contributed by atoms with van der Waals surface area (Å²) in [7, 11) is 3.22. The highest BCUT2D eigenvalue weighted by atomic mass is 35.5. The summed E-state index contributed by atoms with van der Waals surface area (Å²) in [5, 5.41) is 18.8. The zero-order valence-electron chi connectivity index (χ0n) is 23.0. The fourth-order valence-electron chi connectivity index (χ4n) is 5.00. The van der Waals surface area contributed by atoms with Gasteiger partial charge in [-0.05, 0) is 66.4 Å². The van der Waals surface area contributed by atoms with Gasteiger partial charge in [-0.25, -0.2) is 0 Å². The number of aromatic amines is 1. The van der Waals surface area contributed by atoms with Gasteiger partial charge in [-0.2, -0.15) is 5.10 Å². The van der Waals surface area contributed by atoms with Crippen molar-refractivity contribution in [3.05, 3.63) is 87.6 Å². The minimum absolute atomic E-state index is 0.0354. The van der Waals surface area contributed by atoms with E-state index in [-0.39, 0.29) is 11.7 Å². The third-order valence-corrected chi connectivity index (χ3v) is 7.57. The van der Waals surface area contributed by atoms with Gasteiger partial charge in [-0.1, -0.05) is 43.1 Å². The van der Waals surface area contributed by atoms with Crippen LogP contribution in [-0.2, 0) is 6.54 Å². The maximum Gasteiger partial charge on any atom is 0.273 e. The monoisotopic (exact) mass is 561 g/mol. The summed E-state index contributed by atoms with van der Waals surface area (Å²) >= 11 is 6.44. The van der Waals surface area contributed by atoms with Crippen molar-refractivity contribution < 1.29 is 24.1 Å². The van der Waals surface area contributed by atoms with Gasteiger partial charge < -0.3 is 24.2 Å². The molecule has 4 aromatic rings. The number of unbranched alkanes of at least 4 members (excludes halogenated alkanes) is 1. The Morgan fingerprint density at radius 3 is 2.52 bits per heavy atom. The average Bonchev–Trinajstić information content (AvgIpc) is 3.50. The lowest BCUT2D eigenvalue weighted by molar-refractivity contribution is 0.0730. The number of aromatic hydroxyl groups is 1. The summed E-state index contributed by atoms with van der Waals surface area (Å²) in [6.45, 7) is 4.85. The molecule has 40 heavy (non-hydrogen) atoms. The molecule has 1 atom stereocenters. The Bertz CT molecular complexity index is 1530. The number of aromatic nitrogens is 2. The first-order valence-electron chi connectivity index (χ1n) is 13.2. The number of nitrogens with one attached hydrogen (secondary N) is 1. The van der Waals surface area contributed by atoms with E-state index in [0.717, 1.165) is 35.3 Å². The molecule has 1 aromatic heterocycles. The van der Waals surface area contributed by atoms with Gasteiger partial charge in [0, 0.05) is 22.7 Å². The minimum atomic E-state index is -0.517. The van der Waals surface area contributed by atoms with Crippen LogP contribution >= 0.6 is 11.6 Å². The van der Waals surface area contributed by atoms with Crippen molar-refractivity contribution in [2.45, 2.75) is 39.3 Å². The number of rotatable bonds is 10. The van der Waals surface area contributed by atoms with Crippen LogP contribution in [0.5, 0.6) is 23.0 Å². The molecular formula is C31H32ClN3O5. The maximum atomic E-state index is 13.8. The number of nitrogens with zero attached hydrogens (tertiary/aromatic N) is 2. The summed E-state index contributed by atoms with van der Waals surface area (Å²) in [5.74, 6) is 1.79. The zero-order valence-corrected chi connectivity index (χ0v) is 23.7. The number of phenols is 1. The van der Waals surface area contributed by atoms with Crippen LogP contribution in [0.4, 0.5) is 0 Å². The highest BCUT2D eigenvalue weighted by Gasteiger charge is 2.43. The molecule has 3 aromatic carbocycles. The number of fused-ring (bicyclic) bond motifs is 1. The Kier molecular flexibility index (Phi) is 7.89. The van der Waals surface area contributed by atoms with E-state index in [1.165, 1.54) is 0 Å². The van der Waals surface area contributed by atoms with E-state index >= 15 is 0 Å². The quantitative estimate of drug-likeness (QED) is 0.209. The first kappa shape index (κ1) is 27.4. The minimum Gasteiger partial charge on any atom is -0.507 e. The van der Waals surface area contributed by atoms with E-state index in [1.54, 1.807) is 31.3 Å². The third kappa shape index (κ3) is 5.07. The number of benzene rings is 3. The van der Waals surface area contributed by atoms with Crippen LogP contribution in [0.3, 0.4) is 0 Å². The summed E-state index contributed by atoms with van der Waals surface area (Å²) in [6.07, 6.45) is 1.95.